The fourth-order valence-electron chi connectivity index (χ4n) is 3.50. The van der Waals surface area contributed by atoms with Crippen molar-refractivity contribution in [2.45, 2.75) is 25.8 Å². The van der Waals surface area contributed by atoms with E-state index in [9.17, 15) is 4.79 Å². The minimum atomic E-state index is 0.0559. The third-order valence-corrected chi connectivity index (χ3v) is 5.12. The Morgan fingerprint density at radius 1 is 1.14 bits per heavy atom. The molecule has 0 saturated carbocycles. The minimum Gasteiger partial charge on any atom is -0.489 e. The molecule has 0 spiro atoms. The molecule has 148 valence electrons. The largest absolute Gasteiger partial charge is 0.489 e. The Balaban J connectivity index is 1.36. The maximum Gasteiger partial charge on any atom is 0.227 e. The maximum absolute atomic E-state index is 12.7. The van der Waals surface area contributed by atoms with Gasteiger partial charge in [-0.05, 0) is 42.2 Å². The normalized spacial score (nSPS) is 13.3. The third kappa shape index (κ3) is 4.77. The van der Waals surface area contributed by atoms with Gasteiger partial charge in [0, 0.05) is 24.5 Å². The lowest BCUT2D eigenvalue weighted by molar-refractivity contribution is -0.129. The van der Waals surface area contributed by atoms with Crippen molar-refractivity contribution in [1.82, 2.24) is 4.90 Å². The number of furan rings is 1. The van der Waals surface area contributed by atoms with Crippen LogP contribution in [0.5, 0.6) is 5.75 Å². The van der Waals surface area contributed by atoms with Crippen molar-refractivity contribution in [2.75, 3.05) is 13.7 Å². The lowest BCUT2D eigenvalue weighted by Gasteiger charge is -2.18. The summed E-state index contributed by atoms with van der Waals surface area (Å²) >= 11 is 0. The molecule has 1 amide bonds. The highest BCUT2D eigenvalue weighted by Gasteiger charge is 2.14. The van der Waals surface area contributed by atoms with Gasteiger partial charge in [0.2, 0.25) is 5.91 Å². The topological polar surface area (TPSA) is 42.7 Å². The molecule has 1 aliphatic rings. The zero-order chi connectivity index (χ0) is 20.1. The number of benzene rings is 2. The van der Waals surface area contributed by atoms with Gasteiger partial charge in [0.05, 0.1) is 12.7 Å². The molecule has 4 heteroatoms. The van der Waals surface area contributed by atoms with Crippen LogP contribution in [0.2, 0.25) is 0 Å². The van der Waals surface area contributed by atoms with Crippen molar-refractivity contribution in [2.24, 2.45) is 0 Å². The average molecular weight is 387 g/mol. The van der Waals surface area contributed by atoms with E-state index < -0.39 is 0 Å². The van der Waals surface area contributed by atoms with Gasteiger partial charge < -0.3 is 14.1 Å². The molecular formula is C25H25NO3. The Labute approximate surface area is 171 Å². The highest BCUT2D eigenvalue weighted by Crippen LogP contribution is 2.22. The van der Waals surface area contributed by atoms with Gasteiger partial charge in [-0.1, -0.05) is 48.6 Å². The van der Waals surface area contributed by atoms with E-state index in [4.69, 9.17) is 9.15 Å². The lowest BCUT2D eigenvalue weighted by atomic mass is 10.1. The summed E-state index contributed by atoms with van der Waals surface area (Å²) in [5.41, 5.74) is 3.99. The number of allylic oxidation sites excluding steroid dienone is 2. The van der Waals surface area contributed by atoms with E-state index >= 15 is 0 Å². The second-order valence-corrected chi connectivity index (χ2v) is 7.38. The van der Waals surface area contributed by atoms with Crippen LogP contribution < -0.4 is 4.74 Å². The number of para-hydroxylation sites is 1. The van der Waals surface area contributed by atoms with E-state index in [0.717, 1.165) is 40.7 Å². The molecule has 2 aromatic carbocycles. The van der Waals surface area contributed by atoms with Crippen LogP contribution in [0.3, 0.4) is 0 Å². The number of likely N-dealkylation sites (N-methyl/N-ethyl adjacent to an activating group) is 1. The first-order chi connectivity index (χ1) is 14.2. The first-order valence-corrected chi connectivity index (χ1v) is 9.95. The second kappa shape index (κ2) is 8.82. The van der Waals surface area contributed by atoms with Crippen LogP contribution in [-0.4, -0.2) is 24.5 Å². The quantitative estimate of drug-likeness (QED) is 0.553. The fourth-order valence-corrected chi connectivity index (χ4v) is 3.50. The molecule has 1 heterocycles. The van der Waals surface area contributed by atoms with Crippen molar-refractivity contribution in [3.63, 3.8) is 0 Å². The zero-order valence-electron chi connectivity index (χ0n) is 16.6. The number of ether oxygens (including phenoxy) is 1. The first kappa shape index (κ1) is 19.1. The maximum atomic E-state index is 12.7. The zero-order valence-corrected chi connectivity index (χ0v) is 16.6. The molecular weight excluding hydrogens is 362 g/mol. The van der Waals surface area contributed by atoms with Gasteiger partial charge in [-0.15, -0.1) is 0 Å². The van der Waals surface area contributed by atoms with Gasteiger partial charge in [0.15, 0.2) is 0 Å². The van der Waals surface area contributed by atoms with E-state index in [-0.39, 0.29) is 5.91 Å². The van der Waals surface area contributed by atoms with Crippen LogP contribution in [0.1, 0.15) is 24.0 Å². The lowest BCUT2D eigenvalue weighted by Crippen LogP contribution is -2.27. The molecule has 0 fully saturated rings. The number of amides is 1. The van der Waals surface area contributed by atoms with E-state index in [1.807, 2.05) is 55.6 Å². The average Bonchev–Trinajstić information content (AvgIpc) is 3.16. The molecule has 0 aliphatic heterocycles. The Morgan fingerprint density at radius 2 is 2.03 bits per heavy atom. The molecule has 0 N–H and O–H groups in total. The number of carbonyl (C=O) groups is 1. The fraction of sp³-hybridized carbons (Fsp3) is 0.240. The number of hydrogen-bond donors (Lipinski definition) is 0. The van der Waals surface area contributed by atoms with E-state index in [0.29, 0.717) is 19.6 Å². The molecule has 1 aliphatic carbocycles. The predicted molar refractivity (Wildman–Crippen MR) is 115 cm³/mol. The van der Waals surface area contributed by atoms with E-state index in [2.05, 4.69) is 18.2 Å². The van der Waals surface area contributed by atoms with Gasteiger partial charge in [-0.25, -0.2) is 0 Å². The second-order valence-electron chi connectivity index (χ2n) is 7.38. The summed E-state index contributed by atoms with van der Waals surface area (Å²) in [5.74, 6) is 0.879. The summed E-state index contributed by atoms with van der Waals surface area (Å²) in [6, 6.07) is 15.7. The van der Waals surface area contributed by atoms with Gasteiger partial charge in [0.25, 0.3) is 0 Å². The summed E-state index contributed by atoms with van der Waals surface area (Å²) in [6.07, 6.45) is 10.7. The number of hydrogen-bond acceptors (Lipinski definition) is 3. The third-order valence-electron chi connectivity index (χ3n) is 5.12. The number of nitrogens with zero attached hydrogens (tertiary/aromatic N) is 1. The van der Waals surface area contributed by atoms with Crippen molar-refractivity contribution in [3.8, 4) is 5.75 Å². The molecule has 3 aromatic rings. The molecule has 0 atom stereocenters. The minimum absolute atomic E-state index is 0.0559. The van der Waals surface area contributed by atoms with Crippen LogP contribution in [0.25, 0.3) is 11.0 Å². The summed E-state index contributed by atoms with van der Waals surface area (Å²) in [4.78, 5) is 14.5. The van der Waals surface area contributed by atoms with Gasteiger partial charge in [-0.3, -0.25) is 4.79 Å². The molecule has 0 radical (unpaired) electrons. The summed E-state index contributed by atoms with van der Waals surface area (Å²) in [7, 11) is 1.83. The summed E-state index contributed by atoms with van der Waals surface area (Å²) in [6.45, 7) is 1.11. The Hall–Kier alpha value is -3.27. The van der Waals surface area contributed by atoms with Crippen molar-refractivity contribution in [1.29, 1.82) is 0 Å². The molecule has 0 unspecified atom stereocenters. The summed E-state index contributed by atoms with van der Waals surface area (Å²) < 4.78 is 11.5. The molecule has 0 saturated heterocycles. The highest BCUT2D eigenvalue weighted by molar-refractivity contribution is 5.87. The molecule has 4 nitrogen and oxygen atoms in total. The first-order valence-electron chi connectivity index (χ1n) is 9.95. The molecule has 0 bridgehead atoms. The van der Waals surface area contributed by atoms with Crippen LogP contribution in [0.15, 0.2) is 83.0 Å². The Morgan fingerprint density at radius 3 is 2.90 bits per heavy atom. The van der Waals surface area contributed by atoms with Crippen molar-refractivity contribution < 1.29 is 13.9 Å². The van der Waals surface area contributed by atoms with Crippen LogP contribution in [-0.2, 0) is 17.8 Å². The molecule has 1 aromatic heterocycles. The summed E-state index contributed by atoms with van der Waals surface area (Å²) in [5, 5.41) is 0.996. The van der Waals surface area contributed by atoms with Gasteiger partial charge >= 0.3 is 0 Å². The van der Waals surface area contributed by atoms with E-state index in [1.165, 1.54) is 5.57 Å². The highest BCUT2D eigenvalue weighted by atomic mass is 16.5. The smallest absolute Gasteiger partial charge is 0.227 e. The van der Waals surface area contributed by atoms with Gasteiger partial charge in [-0.2, -0.15) is 0 Å². The predicted octanol–water partition coefficient (Wildman–Crippen LogP) is 5.29. The van der Waals surface area contributed by atoms with Crippen LogP contribution in [0, 0.1) is 0 Å². The molecule has 4 rings (SSSR count). The standard InChI is InChI=1S/C25H25NO3/c1-26(25(27)15-21-18-29-24-13-6-5-12-23(21)24)16-20-10-7-11-22(14-20)28-17-19-8-3-2-4-9-19/h3,5-14,18H,2,4,15-17H2,1H3. The SMILES string of the molecule is CN(Cc1cccc(OCC2=CCCC=C2)c1)C(=O)Cc1coc2ccccc12. The van der Waals surface area contributed by atoms with Crippen molar-refractivity contribution in [3.05, 3.63) is 89.7 Å². The van der Waals surface area contributed by atoms with E-state index in [1.54, 1.807) is 11.2 Å². The number of carbonyl (C=O) groups excluding carboxylic acids is 1. The number of fused-ring (bicyclic) bond motifs is 1. The van der Waals surface area contributed by atoms with Crippen molar-refractivity contribution >= 4 is 16.9 Å². The Bertz CT molecular complexity index is 1060. The number of rotatable bonds is 7. The van der Waals surface area contributed by atoms with Crippen LogP contribution >= 0.6 is 0 Å². The van der Waals surface area contributed by atoms with Gasteiger partial charge in [0.1, 0.15) is 17.9 Å². The Kier molecular flexibility index (Phi) is 5.80. The van der Waals surface area contributed by atoms with Crippen LogP contribution in [0.4, 0.5) is 0 Å². The monoisotopic (exact) mass is 387 g/mol. The molecule has 29 heavy (non-hydrogen) atoms.